The normalized spacial score (nSPS) is 32.5. The number of rotatable bonds is 1. The van der Waals surface area contributed by atoms with Gasteiger partial charge in [0.25, 0.3) is 0 Å². The quantitative estimate of drug-likeness (QED) is 0.428. The number of hydrogen-bond acceptors (Lipinski definition) is 4. The van der Waals surface area contributed by atoms with E-state index in [0.717, 1.165) is 0 Å². The first kappa shape index (κ1) is 9.42. The van der Waals surface area contributed by atoms with Crippen LogP contribution in [0.15, 0.2) is 0 Å². The minimum atomic E-state index is -0.753. The second-order valence-electron chi connectivity index (χ2n) is 3.50. The first-order valence-corrected chi connectivity index (χ1v) is 4.66. The number of nitrogens with zero attached hydrogens (tertiary/aromatic N) is 1. The molecule has 14 heavy (non-hydrogen) atoms. The van der Waals surface area contributed by atoms with Crippen LogP contribution in [-0.2, 0) is 9.59 Å². The monoisotopic (exact) mass is 199 g/mol. The Labute approximate surface area is 81.3 Å². The van der Waals surface area contributed by atoms with E-state index in [-0.39, 0.29) is 18.4 Å². The van der Waals surface area contributed by atoms with E-state index in [2.05, 4.69) is 10.6 Å². The molecule has 0 bridgehead atoms. The predicted octanol–water partition coefficient (Wildman–Crippen LogP) is -2.72. The van der Waals surface area contributed by atoms with Crippen LogP contribution >= 0.6 is 0 Å². The Morgan fingerprint density at radius 3 is 3.00 bits per heavy atom. The van der Waals surface area contributed by atoms with Gasteiger partial charge in [-0.2, -0.15) is 0 Å². The molecule has 2 fully saturated rings. The zero-order valence-corrected chi connectivity index (χ0v) is 7.69. The SMILES string of the molecule is O=C1N[C@H](CO)C(=O)N2CCNCC12. The highest BCUT2D eigenvalue weighted by atomic mass is 16.3. The second kappa shape index (κ2) is 3.55. The van der Waals surface area contributed by atoms with Gasteiger partial charge in [-0.1, -0.05) is 0 Å². The Bertz CT molecular complexity index is 269. The molecular weight excluding hydrogens is 186 g/mol. The molecule has 2 saturated heterocycles. The average Bonchev–Trinajstić information content (AvgIpc) is 2.23. The van der Waals surface area contributed by atoms with E-state index in [4.69, 9.17) is 5.11 Å². The minimum Gasteiger partial charge on any atom is -0.394 e. The number of aliphatic hydroxyl groups is 1. The Morgan fingerprint density at radius 1 is 1.50 bits per heavy atom. The largest absolute Gasteiger partial charge is 0.394 e. The summed E-state index contributed by atoms with van der Waals surface area (Å²) in [6, 6.07) is -1.16. The number of aliphatic hydroxyl groups excluding tert-OH is 1. The van der Waals surface area contributed by atoms with E-state index in [9.17, 15) is 9.59 Å². The maximum absolute atomic E-state index is 11.7. The van der Waals surface area contributed by atoms with Gasteiger partial charge in [-0.3, -0.25) is 9.59 Å². The van der Waals surface area contributed by atoms with Crippen LogP contribution < -0.4 is 10.6 Å². The molecule has 0 aromatic rings. The summed E-state index contributed by atoms with van der Waals surface area (Å²) in [6.45, 7) is 1.40. The molecule has 2 aliphatic heterocycles. The summed E-state index contributed by atoms with van der Waals surface area (Å²) in [5.74, 6) is -0.366. The molecule has 1 unspecified atom stereocenters. The zero-order valence-electron chi connectivity index (χ0n) is 7.69. The smallest absolute Gasteiger partial charge is 0.248 e. The Hall–Kier alpha value is -1.14. The van der Waals surface area contributed by atoms with Crippen molar-refractivity contribution in [3.63, 3.8) is 0 Å². The fraction of sp³-hybridized carbons (Fsp3) is 0.750. The molecule has 0 spiro atoms. The van der Waals surface area contributed by atoms with Gasteiger partial charge in [0.2, 0.25) is 11.8 Å². The Kier molecular flexibility index (Phi) is 2.39. The van der Waals surface area contributed by atoms with Gasteiger partial charge in [0, 0.05) is 19.6 Å². The van der Waals surface area contributed by atoms with Gasteiger partial charge >= 0.3 is 0 Å². The summed E-state index contributed by atoms with van der Waals surface area (Å²) in [4.78, 5) is 24.7. The molecule has 6 nitrogen and oxygen atoms in total. The zero-order chi connectivity index (χ0) is 10.1. The maximum Gasteiger partial charge on any atom is 0.248 e. The van der Waals surface area contributed by atoms with E-state index >= 15 is 0 Å². The summed E-state index contributed by atoms with van der Waals surface area (Å²) in [5.41, 5.74) is 0. The summed E-state index contributed by atoms with van der Waals surface area (Å²) >= 11 is 0. The van der Waals surface area contributed by atoms with Gasteiger partial charge in [0.15, 0.2) is 0 Å². The molecule has 0 radical (unpaired) electrons. The fourth-order valence-electron chi connectivity index (χ4n) is 1.86. The van der Waals surface area contributed by atoms with Gasteiger partial charge in [-0.25, -0.2) is 0 Å². The van der Waals surface area contributed by atoms with Crippen LogP contribution in [0.4, 0.5) is 0 Å². The van der Waals surface area contributed by atoms with E-state index in [1.807, 2.05) is 0 Å². The van der Waals surface area contributed by atoms with Crippen molar-refractivity contribution in [1.29, 1.82) is 0 Å². The molecule has 0 saturated carbocycles. The van der Waals surface area contributed by atoms with Crippen LogP contribution in [0.5, 0.6) is 0 Å². The van der Waals surface area contributed by atoms with Crippen LogP contribution in [0.25, 0.3) is 0 Å². The standard InChI is InChI=1S/C8H13N3O3/c12-4-5-8(14)11-2-1-9-3-6(11)7(13)10-5/h5-6,9,12H,1-4H2,(H,10,13)/t5-,6?/m1/s1. The minimum absolute atomic E-state index is 0.182. The first-order valence-electron chi connectivity index (χ1n) is 4.66. The highest BCUT2D eigenvalue weighted by Gasteiger charge is 2.41. The lowest BCUT2D eigenvalue weighted by Gasteiger charge is -2.41. The summed E-state index contributed by atoms with van der Waals surface area (Å²) in [7, 11) is 0. The van der Waals surface area contributed by atoms with Crippen molar-refractivity contribution in [3.05, 3.63) is 0 Å². The molecule has 0 aromatic carbocycles. The number of amides is 2. The molecule has 2 rings (SSSR count). The molecule has 6 heteroatoms. The molecule has 78 valence electrons. The second-order valence-corrected chi connectivity index (χ2v) is 3.50. The number of fused-ring (bicyclic) bond motifs is 1. The van der Waals surface area contributed by atoms with Crippen molar-refractivity contribution in [2.45, 2.75) is 12.1 Å². The third-order valence-electron chi connectivity index (χ3n) is 2.63. The van der Waals surface area contributed by atoms with Gasteiger partial charge in [-0.05, 0) is 0 Å². The van der Waals surface area contributed by atoms with Crippen LogP contribution in [0.3, 0.4) is 0 Å². The molecule has 3 N–H and O–H groups in total. The lowest BCUT2D eigenvalue weighted by atomic mass is 10.1. The van der Waals surface area contributed by atoms with E-state index in [1.54, 1.807) is 0 Å². The van der Waals surface area contributed by atoms with Crippen molar-refractivity contribution < 1.29 is 14.7 Å². The topological polar surface area (TPSA) is 81.7 Å². The van der Waals surface area contributed by atoms with Crippen molar-refractivity contribution in [2.75, 3.05) is 26.2 Å². The van der Waals surface area contributed by atoms with E-state index in [0.29, 0.717) is 19.6 Å². The van der Waals surface area contributed by atoms with Gasteiger partial charge in [0.1, 0.15) is 12.1 Å². The number of carbonyl (C=O) groups excluding carboxylic acids is 2. The number of hydrogen-bond donors (Lipinski definition) is 3. The number of nitrogens with one attached hydrogen (secondary N) is 2. The fourth-order valence-corrected chi connectivity index (χ4v) is 1.86. The van der Waals surface area contributed by atoms with Crippen LogP contribution in [-0.4, -0.2) is 60.1 Å². The van der Waals surface area contributed by atoms with Crippen molar-refractivity contribution in [1.82, 2.24) is 15.5 Å². The lowest BCUT2D eigenvalue weighted by Crippen LogP contribution is -2.69. The highest BCUT2D eigenvalue weighted by Crippen LogP contribution is 2.11. The highest BCUT2D eigenvalue weighted by molar-refractivity contribution is 5.97. The molecule has 2 atom stereocenters. The first-order chi connectivity index (χ1) is 6.74. The third-order valence-corrected chi connectivity index (χ3v) is 2.63. The predicted molar refractivity (Wildman–Crippen MR) is 47.4 cm³/mol. The van der Waals surface area contributed by atoms with Crippen LogP contribution in [0.2, 0.25) is 0 Å². The third kappa shape index (κ3) is 1.36. The van der Waals surface area contributed by atoms with Gasteiger partial charge in [0.05, 0.1) is 6.61 Å². The van der Waals surface area contributed by atoms with Gasteiger partial charge < -0.3 is 20.6 Å². The summed E-state index contributed by atoms with van der Waals surface area (Å²) in [5, 5.41) is 14.4. The van der Waals surface area contributed by atoms with Crippen LogP contribution in [0.1, 0.15) is 0 Å². The van der Waals surface area contributed by atoms with E-state index < -0.39 is 12.1 Å². The Morgan fingerprint density at radius 2 is 2.29 bits per heavy atom. The molecule has 0 aliphatic carbocycles. The average molecular weight is 199 g/mol. The number of piperazine rings is 2. The van der Waals surface area contributed by atoms with Crippen molar-refractivity contribution >= 4 is 11.8 Å². The lowest BCUT2D eigenvalue weighted by molar-refractivity contribution is -0.151. The van der Waals surface area contributed by atoms with E-state index in [1.165, 1.54) is 4.90 Å². The van der Waals surface area contributed by atoms with Crippen LogP contribution in [0, 0.1) is 0 Å². The molecule has 2 aliphatic rings. The molecular formula is C8H13N3O3. The summed E-state index contributed by atoms with van der Waals surface area (Å²) in [6.07, 6.45) is 0. The van der Waals surface area contributed by atoms with Crippen molar-refractivity contribution in [3.8, 4) is 0 Å². The molecule has 2 amide bonds. The molecule has 2 heterocycles. The van der Waals surface area contributed by atoms with Gasteiger partial charge in [-0.15, -0.1) is 0 Å². The maximum atomic E-state index is 11.7. The Balaban J connectivity index is 2.17. The number of carbonyl (C=O) groups is 2. The van der Waals surface area contributed by atoms with Crippen molar-refractivity contribution in [2.24, 2.45) is 0 Å². The molecule has 0 aromatic heterocycles. The summed E-state index contributed by atoms with van der Waals surface area (Å²) < 4.78 is 0.